The highest BCUT2D eigenvalue weighted by atomic mass is 16.5. The fourth-order valence-corrected chi connectivity index (χ4v) is 2.25. The van der Waals surface area contributed by atoms with Crippen molar-refractivity contribution in [2.75, 3.05) is 26.7 Å². The van der Waals surface area contributed by atoms with E-state index in [1.165, 1.54) is 7.11 Å². The molecule has 0 aromatic rings. The van der Waals surface area contributed by atoms with Gasteiger partial charge in [0.15, 0.2) is 0 Å². The summed E-state index contributed by atoms with van der Waals surface area (Å²) in [6, 6.07) is 0.765. The van der Waals surface area contributed by atoms with E-state index in [9.17, 15) is 4.79 Å². The Labute approximate surface area is 98.5 Å². The van der Waals surface area contributed by atoms with Crippen molar-refractivity contribution in [2.45, 2.75) is 45.8 Å². The molecule has 1 atom stereocenters. The highest BCUT2D eigenvalue weighted by Crippen LogP contribution is 2.16. The minimum Gasteiger partial charge on any atom is -0.468 e. The normalized spacial score (nSPS) is 24.1. The van der Waals surface area contributed by atoms with E-state index in [0.29, 0.717) is 12.1 Å². The molecular formula is C12H24N2O2. The molecule has 94 valence electrons. The molecule has 0 aromatic carbocycles. The Hall–Kier alpha value is -0.610. The van der Waals surface area contributed by atoms with Crippen molar-refractivity contribution in [3.63, 3.8) is 0 Å². The number of hydrogen-bond acceptors (Lipinski definition) is 4. The molecule has 1 fully saturated rings. The Bertz CT molecular complexity index is 241. The van der Waals surface area contributed by atoms with Gasteiger partial charge in [-0.25, -0.2) is 0 Å². The molecule has 0 amide bonds. The smallest absolute Gasteiger partial charge is 0.324 e. The number of ether oxygens (including phenoxy) is 1. The first-order chi connectivity index (χ1) is 7.47. The molecule has 1 saturated heterocycles. The van der Waals surface area contributed by atoms with Crippen LogP contribution in [-0.2, 0) is 9.53 Å². The Morgan fingerprint density at radius 1 is 1.19 bits per heavy atom. The third kappa shape index (κ3) is 2.95. The lowest BCUT2D eigenvalue weighted by molar-refractivity contribution is -0.151. The van der Waals surface area contributed by atoms with Crippen molar-refractivity contribution in [1.29, 1.82) is 0 Å². The van der Waals surface area contributed by atoms with Gasteiger partial charge in [0, 0.05) is 31.7 Å². The van der Waals surface area contributed by atoms with Crippen molar-refractivity contribution in [1.82, 2.24) is 9.80 Å². The highest BCUT2D eigenvalue weighted by molar-refractivity contribution is 5.76. The van der Waals surface area contributed by atoms with Gasteiger partial charge in [0.05, 0.1) is 7.11 Å². The number of methoxy groups -OCH3 is 1. The van der Waals surface area contributed by atoms with E-state index in [2.05, 4.69) is 37.5 Å². The van der Waals surface area contributed by atoms with Crippen LogP contribution in [-0.4, -0.2) is 60.6 Å². The van der Waals surface area contributed by atoms with Crippen LogP contribution in [0.2, 0.25) is 0 Å². The molecule has 0 saturated carbocycles. The lowest BCUT2D eigenvalue weighted by atomic mass is 10.1. The molecule has 16 heavy (non-hydrogen) atoms. The van der Waals surface area contributed by atoms with Crippen LogP contribution >= 0.6 is 0 Å². The first-order valence-electron chi connectivity index (χ1n) is 6.05. The van der Waals surface area contributed by atoms with E-state index in [-0.39, 0.29) is 12.0 Å². The molecule has 1 aliphatic rings. The van der Waals surface area contributed by atoms with Gasteiger partial charge in [-0.2, -0.15) is 0 Å². The zero-order valence-electron chi connectivity index (χ0n) is 11.1. The van der Waals surface area contributed by atoms with Crippen molar-refractivity contribution >= 4 is 5.97 Å². The van der Waals surface area contributed by atoms with Crippen LogP contribution in [0.25, 0.3) is 0 Å². The summed E-state index contributed by atoms with van der Waals surface area (Å²) in [7, 11) is 1.47. The van der Waals surface area contributed by atoms with Crippen molar-refractivity contribution in [3.8, 4) is 0 Å². The monoisotopic (exact) mass is 228 g/mol. The summed E-state index contributed by atoms with van der Waals surface area (Å²) in [4.78, 5) is 16.3. The molecule has 0 unspecified atom stereocenters. The molecule has 0 radical (unpaired) electrons. The van der Waals surface area contributed by atoms with E-state index in [1.807, 2.05) is 0 Å². The molecule has 0 spiro atoms. The first-order valence-corrected chi connectivity index (χ1v) is 6.05. The standard InChI is InChI=1S/C12H24N2O2/c1-9(2)13-6-7-14(10(3)4)11(8-13)12(15)16-5/h9-11H,6-8H2,1-5H3/t11-/m1/s1. The third-order valence-corrected chi connectivity index (χ3v) is 3.32. The summed E-state index contributed by atoms with van der Waals surface area (Å²) in [6.07, 6.45) is 0. The van der Waals surface area contributed by atoms with Gasteiger partial charge in [-0.1, -0.05) is 0 Å². The molecule has 1 heterocycles. The number of esters is 1. The predicted molar refractivity (Wildman–Crippen MR) is 64.4 cm³/mol. The largest absolute Gasteiger partial charge is 0.468 e. The number of hydrogen-bond donors (Lipinski definition) is 0. The summed E-state index contributed by atoms with van der Waals surface area (Å²) in [5, 5.41) is 0. The molecule has 1 rings (SSSR count). The molecule has 1 aliphatic heterocycles. The summed E-state index contributed by atoms with van der Waals surface area (Å²) < 4.78 is 4.89. The van der Waals surface area contributed by atoms with Gasteiger partial charge in [-0.3, -0.25) is 14.6 Å². The fraction of sp³-hybridized carbons (Fsp3) is 0.917. The molecular weight excluding hydrogens is 204 g/mol. The second-order valence-electron chi connectivity index (χ2n) is 4.96. The number of carbonyl (C=O) groups excluding carboxylic acids is 1. The number of piperazine rings is 1. The first kappa shape index (κ1) is 13.5. The van der Waals surface area contributed by atoms with Crippen LogP contribution in [0.4, 0.5) is 0 Å². The second kappa shape index (κ2) is 5.64. The molecule has 0 aliphatic carbocycles. The number of carbonyl (C=O) groups is 1. The van der Waals surface area contributed by atoms with Gasteiger partial charge in [0.2, 0.25) is 0 Å². The van der Waals surface area contributed by atoms with E-state index in [1.54, 1.807) is 0 Å². The minimum atomic E-state index is -0.112. The Kier molecular flexibility index (Phi) is 4.74. The molecule has 4 heteroatoms. The van der Waals surface area contributed by atoms with Crippen molar-refractivity contribution in [2.24, 2.45) is 0 Å². The lowest BCUT2D eigenvalue weighted by Crippen LogP contribution is -2.59. The van der Waals surface area contributed by atoms with Gasteiger partial charge in [0.25, 0.3) is 0 Å². The SMILES string of the molecule is COC(=O)[C@H]1CN(C(C)C)CCN1C(C)C. The Morgan fingerprint density at radius 2 is 1.81 bits per heavy atom. The quantitative estimate of drug-likeness (QED) is 0.674. The van der Waals surface area contributed by atoms with Crippen LogP contribution in [0.5, 0.6) is 0 Å². The molecule has 0 bridgehead atoms. The van der Waals surface area contributed by atoms with Crippen LogP contribution in [0.3, 0.4) is 0 Å². The maximum Gasteiger partial charge on any atom is 0.324 e. The van der Waals surface area contributed by atoms with Crippen LogP contribution in [0.15, 0.2) is 0 Å². The second-order valence-corrected chi connectivity index (χ2v) is 4.96. The topological polar surface area (TPSA) is 32.8 Å². The Morgan fingerprint density at radius 3 is 2.25 bits per heavy atom. The van der Waals surface area contributed by atoms with Gasteiger partial charge in [0.1, 0.15) is 6.04 Å². The zero-order valence-corrected chi connectivity index (χ0v) is 11.1. The number of rotatable bonds is 3. The van der Waals surface area contributed by atoms with E-state index >= 15 is 0 Å². The van der Waals surface area contributed by atoms with E-state index in [4.69, 9.17) is 4.74 Å². The summed E-state index contributed by atoms with van der Waals surface area (Å²) in [5.74, 6) is -0.112. The van der Waals surface area contributed by atoms with Crippen molar-refractivity contribution < 1.29 is 9.53 Å². The zero-order chi connectivity index (χ0) is 12.3. The predicted octanol–water partition coefficient (Wildman–Crippen LogP) is 0.962. The highest BCUT2D eigenvalue weighted by Gasteiger charge is 2.34. The Balaban J connectivity index is 2.73. The average Bonchev–Trinajstić information content (AvgIpc) is 2.26. The van der Waals surface area contributed by atoms with Gasteiger partial charge < -0.3 is 4.74 Å². The van der Waals surface area contributed by atoms with Gasteiger partial charge in [-0.15, -0.1) is 0 Å². The lowest BCUT2D eigenvalue weighted by Gasteiger charge is -2.43. The average molecular weight is 228 g/mol. The number of nitrogens with zero attached hydrogens (tertiary/aromatic N) is 2. The minimum absolute atomic E-state index is 0.110. The van der Waals surface area contributed by atoms with Gasteiger partial charge in [-0.05, 0) is 27.7 Å². The fourth-order valence-electron chi connectivity index (χ4n) is 2.25. The molecule has 0 aromatic heterocycles. The van der Waals surface area contributed by atoms with Crippen LogP contribution < -0.4 is 0 Å². The molecule has 0 N–H and O–H groups in total. The van der Waals surface area contributed by atoms with Crippen molar-refractivity contribution in [3.05, 3.63) is 0 Å². The van der Waals surface area contributed by atoms with Crippen LogP contribution in [0, 0.1) is 0 Å². The molecule has 4 nitrogen and oxygen atoms in total. The third-order valence-electron chi connectivity index (χ3n) is 3.32. The van der Waals surface area contributed by atoms with E-state index in [0.717, 1.165) is 19.6 Å². The maximum absolute atomic E-state index is 11.8. The summed E-state index contributed by atoms with van der Waals surface area (Å²) in [5.41, 5.74) is 0. The van der Waals surface area contributed by atoms with Crippen LogP contribution in [0.1, 0.15) is 27.7 Å². The van der Waals surface area contributed by atoms with Gasteiger partial charge >= 0.3 is 5.97 Å². The summed E-state index contributed by atoms with van der Waals surface area (Å²) in [6.45, 7) is 11.3. The summed E-state index contributed by atoms with van der Waals surface area (Å²) >= 11 is 0. The maximum atomic E-state index is 11.8. The van der Waals surface area contributed by atoms with E-state index < -0.39 is 0 Å².